The monoisotopic (exact) mass is 218 g/mol. The molecule has 4 nitrogen and oxygen atoms in total. The maximum absolute atomic E-state index is 11.6. The van der Waals surface area contributed by atoms with Gasteiger partial charge in [-0.2, -0.15) is 0 Å². The number of hydrogen-bond acceptors (Lipinski definition) is 3. The van der Waals surface area contributed by atoms with E-state index in [0.717, 1.165) is 10.9 Å². The van der Waals surface area contributed by atoms with Crippen molar-refractivity contribution in [3.63, 3.8) is 0 Å². The zero-order valence-electron chi connectivity index (χ0n) is 9.36. The first-order chi connectivity index (χ1) is 7.65. The number of carbonyl (C=O) groups is 1. The van der Waals surface area contributed by atoms with Crippen LogP contribution in [0.5, 0.6) is 0 Å². The average Bonchev–Trinajstić information content (AvgIpc) is 2.62. The summed E-state index contributed by atoms with van der Waals surface area (Å²) in [4.78, 5) is 11.6. The number of fused-ring (bicyclic) bond motifs is 1. The van der Waals surface area contributed by atoms with E-state index in [1.165, 1.54) is 0 Å². The third kappa shape index (κ3) is 1.52. The molecule has 4 heteroatoms. The van der Waals surface area contributed by atoms with Crippen LogP contribution in [0.15, 0.2) is 24.4 Å². The molecule has 0 aliphatic carbocycles. The van der Waals surface area contributed by atoms with Crippen LogP contribution in [0.1, 0.15) is 17.3 Å². The van der Waals surface area contributed by atoms with Crippen molar-refractivity contribution in [2.24, 2.45) is 7.05 Å². The van der Waals surface area contributed by atoms with Crippen LogP contribution in [0, 0.1) is 0 Å². The van der Waals surface area contributed by atoms with Gasteiger partial charge in [0.05, 0.1) is 23.4 Å². The second-order valence-corrected chi connectivity index (χ2v) is 3.61. The molecule has 0 saturated heterocycles. The predicted octanol–water partition coefficient (Wildman–Crippen LogP) is 1.94. The summed E-state index contributed by atoms with van der Waals surface area (Å²) in [6, 6.07) is 5.54. The zero-order chi connectivity index (χ0) is 11.7. The molecule has 1 heterocycles. The molecule has 0 atom stereocenters. The summed E-state index contributed by atoms with van der Waals surface area (Å²) < 4.78 is 6.84. The van der Waals surface area contributed by atoms with Crippen LogP contribution in [-0.2, 0) is 11.8 Å². The highest BCUT2D eigenvalue weighted by molar-refractivity contribution is 6.04. The van der Waals surface area contributed by atoms with Crippen LogP contribution in [0.25, 0.3) is 10.9 Å². The Labute approximate surface area is 93.6 Å². The van der Waals surface area contributed by atoms with Crippen LogP contribution in [0.4, 0.5) is 5.69 Å². The molecular weight excluding hydrogens is 204 g/mol. The van der Waals surface area contributed by atoms with Gasteiger partial charge in [0.15, 0.2) is 0 Å². The molecule has 0 bridgehead atoms. The van der Waals surface area contributed by atoms with E-state index < -0.39 is 0 Å². The van der Waals surface area contributed by atoms with Gasteiger partial charge in [-0.1, -0.05) is 6.07 Å². The number of esters is 1. The summed E-state index contributed by atoms with van der Waals surface area (Å²) in [5, 5.41) is 1.02. The van der Waals surface area contributed by atoms with Gasteiger partial charge < -0.3 is 15.0 Å². The third-order valence-electron chi connectivity index (χ3n) is 2.57. The number of ether oxygens (including phenoxy) is 1. The van der Waals surface area contributed by atoms with E-state index in [9.17, 15) is 4.79 Å². The van der Waals surface area contributed by atoms with E-state index in [1.807, 2.05) is 29.9 Å². The number of aryl methyl sites for hydroxylation is 1. The second-order valence-electron chi connectivity index (χ2n) is 3.61. The fraction of sp³-hybridized carbons (Fsp3) is 0.250. The molecule has 2 aromatic rings. The molecule has 2 N–H and O–H groups in total. The number of carbonyl (C=O) groups excluding carboxylic acids is 1. The number of nitrogen functional groups attached to an aromatic ring is 1. The standard InChI is InChI=1S/C12H14N2O2/c1-3-16-12(15)9-5-4-8-6-7-14(2)11(8)10(9)13/h4-7H,3,13H2,1-2H3. The number of rotatable bonds is 2. The number of hydrogen-bond donors (Lipinski definition) is 1. The van der Waals surface area contributed by atoms with Gasteiger partial charge in [-0.3, -0.25) is 0 Å². The van der Waals surface area contributed by atoms with Gasteiger partial charge in [-0.05, 0) is 19.1 Å². The Kier molecular flexibility index (Phi) is 2.56. The molecule has 0 aliphatic rings. The van der Waals surface area contributed by atoms with Gasteiger partial charge in [0, 0.05) is 18.6 Å². The van der Waals surface area contributed by atoms with Crippen molar-refractivity contribution in [2.75, 3.05) is 12.3 Å². The van der Waals surface area contributed by atoms with Crippen LogP contribution >= 0.6 is 0 Å². The summed E-state index contributed by atoms with van der Waals surface area (Å²) in [5.74, 6) is -0.372. The highest BCUT2D eigenvalue weighted by Gasteiger charge is 2.14. The van der Waals surface area contributed by atoms with Gasteiger partial charge in [0.2, 0.25) is 0 Å². The summed E-state index contributed by atoms with van der Waals surface area (Å²) in [7, 11) is 1.90. The maximum Gasteiger partial charge on any atom is 0.340 e. The minimum absolute atomic E-state index is 0.351. The van der Waals surface area contributed by atoms with Gasteiger partial charge in [-0.15, -0.1) is 0 Å². The molecule has 0 unspecified atom stereocenters. The van der Waals surface area contributed by atoms with Crippen molar-refractivity contribution in [1.29, 1.82) is 0 Å². The Balaban J connectivity index is 2.59. The van der Waals surface area contributed by atoms with E-state index >= 15 is 0 Å². The first-order valence-corrected chi connectivity index (χ1v) is 5.15. The topological polar surface area (TPSA) is 57.2 Å². The molecule has 0 spiro atoms. The maximum atomic E-state index is 11.6. The highest BCUT2D eigenvalue weighted by Crippen LogP contribution is 2.25. The first-order valence-electron chi connectivity index (χ1n) is 5.15. The highest BCUT2D eigenvalue weighted by atomic mass is 16.5. The summed E-state index contributed by atoms with van der Waals surface area (Å²) >= 11 is 0. The number of anilines is 1. The molecule has 0 saturated carbocycles. The molecular formula is C12H14N2O2. The quantitative estimate of drug-likeness (QED) is 0.619. The zero-order valence-corrected chi connectivity index (χ0v) is 9.36. The molecule has 84 valence electrons. The summed E-state index contributed by atoms with van der Waals surface area (Å²) in [6.45, 7) is 2.12. The summed E-state index contributed by atoms with van der Waals surface area (Å²) in [5.41, 5.74) is 7.74. The lowest BCUT2D eigenvalue weighted by Gasteiger charge is -2.07. The van der Waals surface area contributed by atoms with Crippen LogP contribution in [0.3, 0.4) is 0 Å². The van der Waals surface area contributed by atoms with Gasteiger partial charge in [0.25, 0.3) is 0 Å². The van der Waals surface area contributed by atoms with Crippen molar-refractivity contribution in [2.45, 2.75) is 6.92 Å². The van der Waals surface area contributed by atoms with Crippen molar-refractivity contribution >= 4 is 22.6 Å². The Morgan fingerprint density at radius 1 is 1.44 bits per heavy atom. The molecule has 2 rings (SSSR count). The normalized spacial score (nSPS) is 10.6. The van der Waals surface area contributed by atoms with Crippen molar-refractivity contribution < 1.29 is 9.53 Å². The van der Waals surface area contributed by atoms with Crippen molar-refractivity contribution in [3.8, 4) is 0 Å². The molecule has 0 fully saturated rings. The Morgan fingerprint density at radius 2 is 2.19 bits per heavy atom. The molecule has 0 amide bonds. The minimum atomic E-state index is -0.372. The van der Waals surface area contributed by atoms with Crippen molar-refractivity contribution in [1.82, 2.24) is 4.57 Å². The minimum Gasteiger partial charge on any atom is -0.462 e. The van der Waals surface area contributed by atoms with Crippen LogP contribution in [0.2, 0.25) is 0 Å². The van der Waals surface area contributed by atoms with Gasteiger partial charge in [0.1, 0.15) is 0 Å². The predicted molar refractivity (Wildman–Crippen MR) is 63.3 cm³/mol. The Morgan fingerprint density at radius 3 is 2.88 bits per heavy atom. The van der Waals surface area contributed by atoms with E-state index in [1.54, 1.807) is 13.0 Å². The van der Waals surface area contributed by atoms with E-state index in [-0.39, 0.29) is 5.97 Å². The Bertz CT molecular complexity index is 543. The lowest BCUT2D eigenvalue weighted by molar-refractivity contribution is 0.0528. The van der Waals surface area contributed by atoms with E-state index in [0.29, 0.717) is 17.9 Å². The fourth-order valence-corrected chi connectivity index (χ4v) is 1.81. The number of benzene rings is 1. The van der Waals surface area contributed by atoms with Crippen LogP contribution < -0.4 is 5.73 Å². The smallest absolute Gasteiger partial charge is 0.340 e. The lowest BCUT2D eigenvalue weighted by atomic mass is 10.1. The number of aromatic nitrogens is 1. The second kappa shape index (κ2) is 3.89. The third-order valence-corrected chi connectivity index (χ3v) is 2.57. The van der Waals surface area contributed by atoms with E-state index in [2.05, 4.69) is 0 Å². The lowest BCUT2D eigenvalue weighted by Crippen LogP contribution is -2.08. The molecule has 1 aromatic carbocycles. The fourth-order valence-electron chi connectivity index (χ4n) is 1.81. The Hall–Kier alpha value is -1.97. The average molecular weight is 218 g/mol. The van der Waals surface area contributed by atoms with Crippen molar-refractivity contribution in [3.05, 3.63) is 30.0 Å². The molecule has 1 aromatic heterocycles. The number of nitrogens with two attached hydrogens (primary N) is 1. The SMILES string of the molecule is CCOC(=O)c1ccc2ccn(C)c2c1N. The summed E-state index contributed by atoms with van der Waals surface area (Å²) in [6.07, 6.45) is 1.91. The van der Waals surface area contributed by atoms with Gasteiger partial charge in [-0.25, -0.2) is 4.79 Å². The molecule has 0 radical (unpaired) electrons. The molecule has 16 heavy (non-hydrogen) atoms. The number of nitrogens with zero attached hydrogens (tertiary/aromatic N) is 1. The largest absolute Gasteiger partial charge is 0.462 e. The first kappa shape index (κ1) is 10.5. The van der Waals surface area contributed by atoms with Gasteiger partial charge >= 0.3 is 5.97 Å². The van der Waals surface area contributed by atoms with E-state index in [4.69, 9.17) is 10.5 Å². The van der Waals surface area contributed by atoms with Crippen LogP contribution in [-0.4, -0.2) is 17.1 Å². The molecule has 0 aliphatic heterocycles.